The molecule has 0 amide bonds. The standard InChI is InChI=1S/C23H23F2N7O/c1-11-3-14-4-12(11)10-32(14)22-19-16-5-13(25)6-17(26-2)20(16)29-21(19)30-23(31-22)33-15-8-27-18(7-24)28-9-15/h5-6,8-9,11-12,14,26H,3-4,7,10H2,1-2H3,(H,29,30,31)/t11-,12?,14?/m1/s1. The minimum absolute atomic E-state index is 0.0823. The maximum Gasteiger partial charge on any atom is 0.326 e. The van der Waals surface area contributed by atoms with Gasteiger partial charge >= 0.3 is 6.01 Å². The third-order valence-electron chi connectivity index (χ3n) is 6.93. The molecule has 2 fully saturated rings. The van der Waals surface area contributed by atoms with Gasteiger partial charge in [0.1, 0.15) is 24.0 Å². The van der Waals surface area contributed by atoms with Crippen molar-refractivity contribution in [3.8, 4) is 11.8 Å². The largest absolute Gasteiger partial charge is 0.421 e. The van der Waals surface area contributed by atoms with Crippen LogP contribution in [0.15, 0.2) is 24.5 Å². The molecule has 2 bridgehead atoms. The van der Waals surface area contributed by atoms with Crippen molar-refractivity contribution in [2.45, 2.75) is 32.5 Å². The van der Waals surface area contributed by atoms with E-state index in [1.807, 2.05) is 0 Å². The molecule has 2 aliphatic rings. The normalized spacial score (nSPS) is 21.9. The molecule has 8 nitrogen and oxygen atoms in total. The van der Waals surface area contributed by atoms with Gasteiger partial charge in [0.25, 0.3) is 0 Å². The van der Waals surface area contributed by atoms with Gasteiger partial charge in [-0.1, -0.05) is 6.92 Å². The zero-order valence-electron chi connectivity index (χ0n) is 18.3. The number of halogens is 2. The first kappa shape index (κ1) is 20.1. The quantitative estimate of drug-likeness (QED) is 0.459. The summed E-state index contributed by atoms with van der Waals surface area (Å²) in [4.78, 5) is 22.8. The average molecular weight is 451 g/mol. The van der Waals surface area contributed by atoms with Crippen molar-refractivity contribution in [3.63, 3.8) is 0 Å². The monoisotopic (exact) mass is 451 g/mol. The molecule has 6 rings (SSSR count). The van der Waals surface area contributed by atoms with Crippen molar-refractivity contribution >= 4 is 33.4 Å². The molecule has 10 heteroatoms. The molecule has 0 radical (unpaired) electrons. The Labute approximate surface area is 188 Å². The summed E-state index contributed by atoms with van der Waals surface area (Å²) in [6, 6.07) is 3.47. The predicted octanol–water partition coefficient (Wildman–Crippen LogP) is 4.58. The number of rotatable bonds is 5. The molecule has 3 atom stereocenters. The van der Waals surface area contributed by atoms with Crippen molar-refractivity contribution < 1.29 is 13.5 Å². The van der Waals surface area contributed by atoms with Crippen LogP contribution in [0.25, 0.3) is 21.9 Å². The summed E-state index contributed by atoms with van der Waals surface area (Å²) in [6.45, 7) is 2.45. The highest BCUT2D eigenvalue weighted by Gasteiger charge is 2.44. The number of hydrogen-bond donors (Lipinski definition) is 2. The first-order chi connectivity index (χ1) is 16.0. The van der Waals surface area contributed by atoms with Gasteiger partial charge in [0.2, 0.25) is 0 Å². The van der Waals surface area contributed by atoms with Crippen LogP contribution in [-0.2, 0) is 6.67 Å². The molecule has 1 saturated carbocycles. The summed E-state index contributed by atoms with van der Waals surface area (Å²) < 4.78 is 33.1. The topological polar surface area (TPSA) is 91.8 Å². The summed E-state index contributed by atoms with van der Waals surface area (Å²) >= 11 is 0. The van der Waals surface area contributed by atoms with Gasteiger partial charge < -0.3 is 19.9 Å². The zero-order valence-corrected chi connectivity index (χ0v) is 18.3. The highest BCUT2D eigenvalue weighted by Crippen LogP contribution is 2.46. The minimum Gasteiger partial charge on any atom is -0.421 e. The Bertz CT molecular complexity index is 1350. The van der Waals surface area contributed by atoms with Gasteiger partial charge in [-0.15, -0.1) is 0 Å². The summed E-state index contributed by atoms with van der Waals surface area (Å²) in [6.07, 6.45) is 5.02. The molecule has 1 aliphatic heterocycles. The maximum absolute atomic E-state index is 14.5. The third kappa shape index (κ3) is 3.23. The highest BCUT2D eigenvalue weighted by molar-refractivity contribution is 6.14. The Hall–Kier alpha value is -3.56. The van der Waals surface area contributed by atoms with Crippen molar-refractivity contribution in [2.24, 2.45) is 11.8 Å². The van der Waals surface area contributed by atoms with Crippen LogP contribution in [0.1, 0.15) is 25.6 Å². The first-order valence-electron chi connectivity index (χ1n) is 11.1. The fourth-order valence-corrected chi connectivity index (χ4v) is 5.31. The fourth-order valence-electron chi connectivity index (χ4n) is 5.31. The van der Waals surface area contributed by atoms with Crippen LogP contribution in [0.5, 0.6) is 11.8 Å². The van der Waals surface area contributed by atoms with Crippen LogP contribution < -0.4 is 15.0 Å². The Morgan fingerprint density at radius 2 is 2.03 bits per heavy atom. The number of fused-ring (bicyclic) bond motifs is 5. The summed E-state index contributed by atoms with van der Waals surface area (Å²) in [7, 11) is 1.75. The lowest BCUT2D eigenvalue weighted by Gasteiger charge is -2.31. The van der Waals surface area contributed by atoms with E-state index in [2.05, 4.69) is 37.1 Å². The number of nitrogens with one attached hydrogen (secondary N) is 2. The van der Waals surface area contributed by atoms with E-state index in [1.165, 1.54) is 24.5 Å². The predicted molar refractivity (Wildman–Crippen MR) is 121 cm³/mol. The molecule has 3 aromatic heterocycles. The van der Waals surface area contributed by atoms with E-state index >= 15 is 0 Å². The SMILES string of the molecule is CNc1cc(F)cc2c1[nH]c1nc(Oc3cnc(CF)nc3)nc(N3CC4CC3C[C@H]4C)c12. The molecule has 4 heterocycles. The van der Waals surface area contributed by atoms with Crippen molar-refractivity contribution in [2.75, 3.05) is 23.8 Å². The molecule has 0 spiro atoms. The lowest BCUT2D eigenvalue weighted by molar-refractivity contribution is 0.402. The van der Waals surface area contributed by atoms with Gasteiger partial charge in [-0.25, -0.2) is 18.7 Å². The van der Waals surface area contributed by atoms with Crippen LogP contribution in [0.2, 0.25) is 0 Å². The van der Waals surface area contributed by atoms with Gasteiger partial charge in [-0.3, -0.25) is 0 Å². The fraction of sp³-hybridized carbons (Fsp3) is 0.391. The van der Waals surface area contributed by atoms with E-state index in [4.69, 9.17) is 9.72 Å². The van der Waals surface area contributed by atoms with E-state index < -0.39 is 6.67 Å². The van der Waals surface area contributed by atoms with Crippen molar-refractivity contribution in [1.29, 1.82) is 0 Å². The Morgan fingerprint density at radius 3 is 2.70 bits per heavy atom. The van der Waals surface area contributed by atoms with Crippen LogP contribution in [0, 0.1) is 17.7 Å². The zero-order chi connectivity index (χ0) is 22.7. The number of aromatic amines is 1. The van der Waals surface area contributed by atoms with Crippen LogP contribution in [0.4, 0.5) is 20.3 Å². The number of anilines is 2. The molecule has 1 aliphatic carbocycles. The van der Waals surface area contributed by atoms with Crippen LogP contribution in [-0.4, -0.2) is 44.6 Å². The number of hydrogen-bond acceptors (Lipinski definition) is 7. The maximum atomic E-state index is 14.5. The van der Waals surface area contributed by atoms with E-state index in [0.717, 1.165) is 41.5 Å². The molecule has 1 aromatic carbocycles. The lowest BCUT2D eigenvalue weighted by atomic mass is 9.97. The minimum atomic E-state index is -0.748. The van der Waals surface area contributed by atoms with E-state index in [9.17, 15) is 8.78 Å². The average Bonchev–Trinajstić information content (AvgIpc) is 3.50. The van der Waals surface area contributed by atoms with Crippen molar-refractivity contribution in [3.05, 3.63) is 36.2 Å². The van der Waals surface area contributed by atoms with Gasteiger partial charge in [0.05, 0.1) is 29.0 Å². The van der Waals surface area contributed by atoms with Crippen LogP contribution >= 0.6 is 0 Å². The number of ether oxygens (including phenoxy) is 1. The number of H-pyrrole nitrogens is 1. The lowest BCUT2D eigenvalue weighted by Crippen LogP contribution is -2.35. The van der Waals surface area contributed by atoms with Crippen molar-refractivity contribution in [1.82, 2.24) is 24.9 Å². The van der Waals surface area contributed by atoms with Gasteiger partial charge in [0, 0.05) is 25.0 Å². The molecule has 170 valence electrons. The summed E-state index contributed by atoms with van der Waals surface area (Å²) in [5.74, 6) is 2.09. The Morgan fingerprint density at radius 1 is 1.21 bits per heavy atom. The smallest absolute Gasteiger partial charge is 0.326 e. The molecule has 4 aromatic rings. The molecule has 33 heavy (non-hydrogen) atoms. The van der Waals surface area contributed by atoms with Crippen LogP contribution in [0.3, 0.4) is 0 Å². The molecule has 2 N–H and O–H groups in total. The van der Waals surface area contributed by atoms with E-state index in [-0.39, 0.29) is 17.7 Å². The van der Waals surface area contributed by atoms with Gasteiger partial charge in [-0.2, -0.15) is 9.97 Å². The highest BCUT2D eigenvalue weighted by atomic mass is 19.1. The number of benzene rings is 1. The Balaban J connectivity index is 1.52. The number of piperidine rings is 1. The van der Waals surface area contributed by atoms with E-state index in [1.54, 1.807) is 7.05 Å². The van der Waals surface area contributed by atoms with Gasteiger partial charge in [-0.05, 0) is 36.8 Å². The van der Waals surface area contributed by atoms with Gasteiger partial charge in [0.15, 0.2) is 11.6 Å². The third-order valence-corrected chi connectivity index (χ3v) is 6.93. The first-order valence-corrected chi connectivity index (χ1v) is 11.1. The summed E-state index contributed by atoms with van der Waals surface area (Å²) in [5, 5.41) is 4.55. The molecular weight excluding hydrogens is 428 g/mol. The molecule has 2 unspecified atom stereocenters. The Kier molecular flexibility index (Phi) is 4.56. The number of aromatic nitrogens is 5. The second-order valence-electron chi connectivity index (χ2n) is 8.89. The number of nitrogens with zero attached hydrogens (tertiary/aromatic N) is 5. The molecule has 1 saturated heterocycles. The second-order valence-corrected chi connectivity index (χ2v) is 8.89. The second kappa shape index (κ2) is 7.50. The summed E-state index contributed by atoms with van der Waals surface area (Å²) in [5.41, 5.74) is 1.96. The number of alkyl halides is 1. The molecular formula is C23H23F2N7O. The van der Waals surface area contributed by atoms with E-state index in [0.29, 0.717) is 35.0 Å².